The molecule has 1 aromatic rings. The molecule has 198 valence electrons. The number of hydrogen-bond donors (Lipinski definition) is 0. The van der Waals surface area contributed by atoms with Crippen molar-refractivity contribution in [3.8, 4) is 23.0 Å². The molecule has 0 unspecified atom stereocenters. The zero-order valence-corrected chi connectivity index (χ0v) is 24.2. The Kier molecular flexibility index (Phi) is 46.7. The summed E-state index contributed by atoms with van der Waals surface area (Å²) >= 11 is 0. The van der Waals surface area contributed by atoms with Gasteiger partial charge in [-0.1, -0.05) is 32.6 Å². The minimum atomic E-state index is -1.35. The van der Waals surface area contributed by atoms with Crippen molar-refractivity contribution in [2.24, 2.45) is 0 Å². The molecule has 0 saturated carbocycles. The average molecular weight is 602 g/mol. The molecule has 2 atom stereocenters. The Balaban J connectivity index is -0.000000106. The maximum atomic E-state index is 7.50. The van der Waals surface area contributed by atoms with Crippen molar-refractivity contribution < 1.29 is 70.9 Å². The van der Waals surface area contributed by atoms with Crippen molar-refractivity contribution in [1.29, 1.82) is 0 Å². The summed E-state index contributed by atoms with van der Waals surface area (Å²) in [5.74, 6) is 6.16. The van der Waals surface area contributed by atoms with Crippen LogP contribution in [0.15, 0.2) is 6.07 Å². The number of aryl methyl sites for hydroxylation is 1. The van der Waals surface area contributed by atoms with Crippen molar-refractivity contribution in [2.45, 2.75) is 58.2 Å². The average Bonchev–Trinajstić information content (AvgIpc) is 2.89. The third kappa shape index (κ3) is 18.3. The van der Waals surface area contributed by atoms with Crippen LogP contribution >= 0.6 is 0 Å². The van der Waals surface area contributed by atoms with Gasteiger partial charge in [-0.05, 0) is 36.8 Å². The summed E-state index contributed by atoms with van der Waals surface area (Å²) in [7, 11) is 2.10. The van der Waals surface area contributed by atoms with Crippen LogP contribution in [0, 0.1) is 58.3 Å². The molecule has 0 bridgehead atoms. The van der Waals surface area contributed by atoms with E-state index in [4.69, 9.17) is 37.4 Å². The Hall–Kier alpha value is -1.95. The maximum Gasteiger partial charge on any atom is 0 e. The molecule has 36 heavy (non-hydrogen) atoms. The molecule has 0 N–H and O–H groups in total. The van der Waals surface area contributed by atoms with E-state index in [9.17, 15) is 0 Å². The van der Waals surface area contributed by atoms with E-state index >= 15 is 0 Å². The number of methoxy groups -OCH3 is 2. The number of ether oxygens (including phenoxy) is 2. The van der Waals surface area contributed by atoms with Gasteiger partial charge in [-0.2, -0.15) is 0 Å². The SMILES string of the molecule is COc1c(C)cc2c(c1OC)[C@@H](C)CC[C@H]2C#C[Si](C)(C)C.[C-]#[O+].[C-]#[O+].[C-]#[O+].[C-]#[O+].[C-]#[O+].[C-]#[O+].[Co].[Co]. The molecule has 0 saturated heterocycles. The molecule has 0 fully saturated rings. The molecular weight excluding hydrogens is 574 g/mol. The Bertz CT molecular complexity index is 839. The van der Waals surface area contributed by atoms with Crippen LogP contribution in [0.2, 0.25) is 19.6 Å². The van der Waals surface area contributed by atoms with Crippen LogP contribution in [0.25, 0.3) is 0 Å². The first-order valence-corrected chi connectivity index (χ1v) is 12.8. The van der Waals surface area contributed by atoms with E-state index in [-0.39, 0.29) is 33.6 Å². The zero-order chi connectivity index (χ0) is 28.5. The molecule has 0 heterocycles. The van der Waals surface area contributed by atoms with Gasteiger partial charge < -0.3 is 9.47 Å². The third-order valence-corrected chi connectivity index (χ3v) is 5.17. The van der Waals surface area contributed by atoms with E-state index in [1.165, 1.54) is 11.1 Å². The van der Waals surface area contributed by atoms with Crippen molar-refractivity contribution in [3.63, 3.8) is 0 Å². The number of hydrogen-bond acceptors (Lipinski definition) is 2. The van der Waals surface area contributed by atoms with E-state index in [0.29, 0.717) is 11.8 Å². The van der Waals surface area contributed by atoms with Crippen LogP contribution in [0.5, 0.6) is 11.5 Å². The molecule has 1 aliphatic carbocycles. The normalized spacial score (nSPS) is 13.0. The van der Waals surface area contributed by atoms with E-state index in [0.717, 1.165) is 29.9 Å². The van der Waals surface area contributed by atoms with Gasteiger partial charge >= 0.3 is 67.8 Å². The van der Waals surface area contributed by atoms with Gasteiger partial charge in [-0.3, -0.25) is 0 Å². The second-order valence-corrected chi connectivity index (χ2v) is 12.1. The summed E-state index contributed by atoms with van der Waals surface area (Å²) in [6.45, 7) is 38.3. The number of fused-ring (bicyclic) bond motifs is 1. The Morgan fingerprint density at radius 2 is 1.17 bits per heavy atom. The molecule has 0 spiro atoms. The Morgan fingerprint density at radius 3 is 1.50 bits per heavy atom. The van der Waals surface area contributed by atoms with Gasteiger partial charge in [0.1, 0.15) is 8.07 Å². The van der Waals surface area contributed by atoms with Crippen LogP contribution in [0.4, 0.5) is 0 Å². The summed E-state index contributed by atoms with van der Waals surface area (Å²) in [6, 6.07) is 2.26. The molecule has 1 aliphatic rings. The summed E-state index contributed by atoms with van der Waals surface area (Å²) < 4.78 is 56.3. The number of benzene rings is 1. The van der Waals surface area contributed by atoms with E-state index in [1.807, 2.05) is 0 Å². The summed E-state index contributed by atoms with van der Waals surface area (Å²) in [4.78, 5) is 0. The number of rotatable bonds is 2. The van der Waals surface area contributed by atoms with Crippen molar-refractivity contribution in [3.05, 3.63) is 62.7 Å². The van der Waals surface area contributed by atoms with Gasteiger partial charge in [0.2, 0.25) is 0 Å². The minimum absolute atomic E-state index is 0. The van der Waals surface area contributed by atoms with Gasteiger partial charge in [0.05, 0.1) is 14.2 Å². The molecule has 0 aromatic heterocycles. The molecule has 1 aromatic carbocycles. The Morgan fingerprint density at radius 1 is 0.778 bits per heavy atom. The Labute approximate surface area is 236 Å². The van der Waals surface area contributed by atoms with Gasteiger partial charge in [0.25, 0.3) is 0 Å². The quantitative estimate of drug-likeness (QED) is 0.211. The molecule has 2 radical (unpaired) electrons. The maximum absolute atomic E-state index is 7.50. The first-order chi connectivity index (χ1) is 16.3. The van der Waals surface area contributed by atoms with Crippen LogP contribution in [0.1, 0.15) is 48.3 Å². The van der Waals surface area contributed by atoms with E-state index in [1.54, 1.807) is 14.2 Å². The summed E-state index contributed by atoms with van der Waals surface area (Å²) in [5, 5.41) is 0. The van der Waals surface area contributed by atoms with Gasteiger partial charge in [-0.15, -0.1) is 11.5 Å². The topological polar surface area (TPSA) is 138 Å². The van der Waals surface area contributed by atoms with Gasteiger partial charge in [-0.25, -0.2) is 0 Å². The van der Waals surface area contributed by atoms with Gasteiger partial charge in [0, 0.05) is 45.0 Å². The fourth-order valence-corrected chi connectivity index (χ4v) is 3.84. The third-order valence-electron chi connectivity index (χ3n) is 4.28. The largest absolute Gasteiger partial charge is 0 e. The fraction of sp³-hybridized carbons (Fsp3) is 0.440. The van der Waals surface area contributed by atoms with Crippen LogP contribution in [0.3, 0.4) is 0 Å². The predicted molar refractivity (Wildman–Crippen MR) is 119 cm³/mol. The monoisotopic (exact) mass is 602 g/mol. The molecule has 0 amide bonds. The van der Waals surface area contributed by atoms with Crippen molar-refractivity contribution in [1.82, 2.24) is 0 Å². The minimum Gasteiger partial charge on any atom is 0 e. The zero-order valence-electron chi connectivity index (χ0n) is 21.1. The van der Waals surface area contributed by atoms with Crippen LogP contribution in [-0.2, 0) is 61.5 Å². The molecular formula is C25H28Co2O8Si. The van der Waals surface area contributed by atoms with Crippen LogP contribution in [-0.4, -0.2) is 22.3 Å². The smallest absolute Gasteiger partial charge is 0 e. The van der Waals surface area contributed by atoms with Crippen molar-refractivity contribution in [2.75, 3.05) is 14.2 Å². The predicted octanol–water partition coefficient (Wildman–Crippen LogP) is 4.64. The first kappa shape index (κ1) is 50.8. The van der Waals surface area contributed by atoms with Gasteiger partial charge in [0.15, 0.2) is 11.5 Å². The molecule has 11 heteroatoms. The second kappa shape index (κ2) is 33.0. The van der Waals surface area contributed by atoms with Crippen LogP contribution < -0.4 is 9.47 Å². The second-order valence-electron chi connectivity index (χ2n) is 7.31. The first-order valence-electron chi connectivity index (χ1n) is 9.29. The summed E-state index contributed by atoms with van der Waals surface area (Å²) in [6.07, 6.45) is 2.29. The molecule has 2 rings (SSSR count). The molecule has 8 nitrogen and oxygen atoms in total. The van der Waals surface area contributed by atoms with E-state index in [2.05, 4.69) is 90.9 Å². The standard InChI is InChI=1S/C19H28O2Si.6CO.2Co/c1-13-8-9-15(10-11-22(5,6)7)16-12-14(2)18(20-3)19(21-4)17(13)16;6*1-2;;/h12-13,15H,8-9H2,1-7H3;;;;;;;;/t13-,15-;;;;;;;;/m0......../s1. The summed E-state index contributed by atoms with van der Waals surface area (Å²) in [5.41, 5.74) is 7.33. The fourth-order valence-electron chi connectivity index (χ4n) is 3.23. The van der Waals surface area contributed by atoms with Crippen molar-refractivity contribution >= 4 is 8.07 Å². The van der Waals surface area contributed by atoms with E-state index < -0.39 is 8.07 Å². The molecule has 0 aliphatic heterocycles.